The van der Waals surface area contributed by atoms with Crippen LogP contribution in [0.2, 0.25) is 0 Å². The predicted molar refractivity (Wildman–Crippen MR) is 119 cm³/mol. The first kappa shape index (κ1) is 22.7. The third kappa shape index (κ3) is 5.09. The number of urea groups is 1. The maximum atomic E-state index is 14.9. The van der Waals surface area contributed by atoms with E-state index >= 15 is 0 Å². The van der Waals surface area contributed by atoms with Crippen LogP contribution in [0.5, 0.6) is 0 Å². The molecule has 4 rings (SSSR count). The van der Waals surface area contributed by atoms with E-state index in [9.17, 15) is 18.0 Å². The van der Waals surface area contributed by atoms with Gasteiger partial charge in [-0.3, -0.25) is 4.90 Å². The Labute approximate surface area is 194 Å². The molecule has 0 aliphatic carbocycles. The highest BCUT2D eigenvalue weighted by Gasteiger charge is 2.25. The van der Waals surface area contributed by atoms with Gasteiger partial charge in [-0.1, -0.05) is 22.0 Å². The fraction of sp³-hybridized carbons (Fsp3) is 0.286. The number of benzene rings is 2. The molecule has 0 N–H and O–H groups in total. The lowest BCUT2D eigenvalue weighted by Gasteiger charge is -2.33. The number of carbonyl (C=O) groups is 1. The van der Waals surface area contributed by atoms with Gasteiger partial charge in [0.15, 0.2) is 0 Å². The van der Waals surface area contributed by atoms with Gasteiger partial charge in [0, 0.05) is 45.9 Å². The van der Waals surface area contributed by atoms with E-state index in [1.54, 1.807) is 28.8 Å². The molecule has 1 aliphatic heterocycles. The summed E-state index contributed by atoms with van der Waals surface area (Å²) in [6.45, 7) is 1.26. The van der Waals surface area contributed by atoms with Crippen LogP contribution in [0.4, 0.5) is 23.7 Å². The third-order valence-corrected chi connectivity index (χ3v) is 6.38. The number of aromatic nitrogens is 2. The summed E-state index contributed by atoms with van der Waals surface area (Å²) in [5, 5.41) is 6.80. The molecule has 2 aromatic carbocycles. The van der Waals surface area contributed by atoms with Crippen LogP contribution in [0.15, 0.2) is 51.4 Å². The molecule has 0 bridgehead atoms. The summed E-state index contributed by atoms with van der Waals surface area (Å²) in [4.78, 5) is 16.5. The minimum absolute atomic E-state index is 0.00232. The highest BCUT2D eigenvalue weighted by molar-refractivity contribution is 9.10. The molecule has 0 unspecified atom stereocenters. The largest absolute Gasteiger partial charge is 0.415 e. The lowest BCUT2D eigenvalue weighted by molar-refractivity contribution is 0.116. The summed E-state index contributed by atoms with van der Waals surface area (Å²) >= 11 is 5.17. The van der Waals surface area contributed by atoms with Crippen molar-refractivity contribution in [1.29, 1.82) is 0 Å². The number of nitrogens with zero attached hydrogens (tertiary/aromatic N) is 4. The van der Waals surface area contributed by atoms with Gasteiger partial charge in [-0.25, -0.2) is 9.18 Å². The summed E-state index contributed by atoms with van der Waals surface area (Å²) in [6.07, 6.45) is -2.90. The lowest BCUT2D eigenvalue weighted by atomic mass is 10.1. The third-order valence-electron chi connectivity index (χ3n) is 4.91. The molecule has 0 saturated carbocycles. The van der Waals surface area contributed by atoms with Crippen molar-refractivity contribution in [2.45, 2.75) is 13.0 Å². The van der Waals surface area contributed by atoms with E-state index in [0.29, 0.717) is 18.8 Å². The maximum Gasteiger partial charge on any atom is 0.324 e. The Balaban J connectivity index is 1.60. The Morgan fingerprint density at radius 1 is 1.16 bits per heavy atom. The van der Waals surface area contributed by atoms with Crippen LogP contribution in [-0.4, -0.2) is 45.7 Å². The average molecular weight is 527 g/mol. The molecule has 168 valence electrons. The first-order chi connectivity index (χ1) is 15.4. The molecule has 32 heavy (non-hydrogen) atoms. The minimum atomic E-state index is -2.90. The first-order valence-corrected chi connectivity index (χ1v) is 11.7. The standard InChI is InChI=1S/C21H18BrF3N4O2S/c22-15-3-5-16(6-4-15)29(21(30)28-7-9-32-10-8-28)12-14-2-1-13(11-17(14)23)19-26-27-20(31-19)18(24)25/h1-6,11,18H,7-10,12H2. The number of amides is 2. The summed E-state index contributed by atoms with van der Waals surface area (Å²) in [7, 11) is 0. The van der Waals surface area contributed by atoms with Gasteiger partial charge in [0.05, 0.1) is 6.54 Å². The van der Waals surface area contributed by atoms with Gasteiger partial charge >= 0.3 is 12.5 Å². The van der Waals surface area contributed by atoms with Gasteiger partial charge in [-0.2, -0.15) is 20.5 Å². The van der Waals surface area contributed by atoms with E-state index in [1.165, 1.54) is 17.0 Å². The van der Waals surface area contributed by atoms with Crippen molar-refractivity contribution >= 4 is 39.4 Å². The van der Waals surface area contributed by atoms with Crippen LogP contribution in [0.3, 0.4) is 0 Å². The molecule has 1 aromatic heterocycles. The molecule has 2 amide bonds. The summed E-state index contributed by atoms with van der Waals surface area (Å²) in [5.74, 6) is 0.0821. The molecule has 1 fully saturated rings. The molecule has 2 heterocycles. The predicted octanol–water partition coefficient (Wildman–Crippen LogP) is 5.75. The average Bonchev–Trinajstić information content (AvgIpc) is 3.30. The van der Waals surface area contributed by atoms with Crippen LogP contribution >= 0.6 is 27.7 Å². The molecule has 0 atom stereocenters. The Bertz CT molecular complexity index is 1090. The number of carbonyl (C=O) groups excluding carboxylic acids is 1. The van der Waals surface area contributed by atoms with E-state index in [1.807, 2.05) is 12.1 Å². The van der Waals surface area contributed by atoms with E-state index in [-0.39, 0.29) is 29.6 Å². The fourth-order valence-electron chi connectivity index (χ4n) is 3.23. The zero-order valence-corrected chi connectivity index (χ0v) is 19.1. The van der Waals surface area contributed by atoms with Gasteiger partial charge in [0.25, 0.3) is 5.89 Å². The van der Waals surface area contributed by atoms with Crippen molar-refractivity contribution in [2.75, 3.05) is 29.5 Å². The first-order valence-electron chi connectivity index (χ1n) is 9.72. The quantitative estimate of drug-likeness (QED) is 0.423. The van der Waals surface area contributed by atoms with Crippen molar-refractivity contribution in [3.8, 4) is 11.5 Å². The highest BCUT2D eigenvalue weighted by Crippen LogP contribution is 2.27. The highest BCUT2D eigenvalue weighted by atomic mass is 79.9. The van der Waals surface area contributed by atoms with Crippen molar-refractivity contribution in [3.63, 3.8) is 0 Å². The van der Waals surface area contributed by atoms with Crippen LogP contribution < -0.4 is 4.90 Å². The Hall–Kier alpha value is -2.53. The van der Waals surface area contributed by atoms with Gasteiger partial charge < -0.3 is 9.32 Å². The zero-order valence-electron chi connectivity index (χ0n) is 16.7. The second-order valence-electron chi connectivity index (χ2n) is 7.00. The molecule has 3 aromatic rings. The number of hydrogen-bond donors (Lipinski definition) is 0. The topological polar surface area (TPSA) is 62.5 Å². The van der Waals surface area contributed by atoms with Gasteiger partial charge in [-0.15, -0.1) is 10.2 Å². The van der Waals surface area contributed by atoms with E-state index in [4.69, 9.17) is 4.42 Å². The van der Waals surface area contributed by atoms with E-state index < -0.39 is 18.1 Å². The molecule has 0 radical (unpaired) electrons. The van der Waals surface area contributed by atoms with Gasteiger partial charge in [0.1, 0.15) is 5.82 Å². The molecule has 1 aliphatic rings. The smallest absolute Gasteiger partial charge is 0.324 e. The normalized spacial score (nSPS) is 14.1. The molecule has 1 saturated heterocycles. The van der Waals surface area contributed by atoms with Crippen LogP contribution in [-0.2, 0) is 6.54 Å². The van der Waals surface area contributed by atoms with Crippen molar-refractivity contribution in [2.24, 2.45) is 0 Å². The Kier molecular flexibility index (Phi) is 7.04. The van der Waals surface area contributed by atoms with Crippen LogP contribution in [0.25, 0.3) is 11.5 Å². The maximum absolute atomic E-state index is 14.9. The minimum Gasteiger partial charge on any atom is -0.415 e. The van der Waals surface area contributed by atoms with Crippen LogP contribution in [0, 0.1) is 5.82 Å². The molecule has 6 nitrogen and oxygen atoms in total. The SMILES string of the molecule is O=C(N1CCSCC1)N(Cc1ccc(-c2nnc(C(F)F)o2)cc1F)c1ccc(Br)cc1. The number of alkyl halides is 2. The van der Waals surface area contributed by atoms with Gasteiger partial charge in [-0.05, 0) is 36.4 Å². The molecule has 11 heteroatoms. The van der Waals surface area contributed by atoms with E-state index in [2.05, 4.69) is 26.1 Å². The molecular formula is C21H18BrF3N4O2S. The number of anilines is 1. The molecular weight excluding hydrogens is 509 g/mol. The fourth-order valence-corrected chi connectivity index (χ4v) is 4.40. The summed E-state index contributed by atoms with van der Waals surface area (Å²) in [5.41, 5.74) is 1.09. The second kappa shape index (κ2) is 9.95. The monoisotopic (exact) mass is 526 g/mol. The van der Waals surface area contributed by atoms with E-state index in [0.717, 1.165) is 22.0 Å². The number of rotatable bonds is 5. The number of hydrogen-bond acceptors (Lipinski definition) is 5. The van der Waals surface area contributed by atoms with Gasteiger partial charge in [0.2, 0.25) is 5.89 Å². The summed E-state index contributed by atoms with van der Waals surface area (Å²) < 4.78 is 46.1. The Morgan fingerprint density at radius 3 is 2.50 bits per heavy atom. The molecule has 0 spiro atoms. The van der Waals surface area contributed by atoms with Crippen LogP contribution in [0.1, 0.15) is 17.9 Å². The lowest BCUT2D eigenvalue weighted by Crippen LogP contribution is -2.46. The number of halogens is 4. The zero-order chi connectivity index (χ0) is 22.7. The van der Waals surface area contributed by atoms with Crippen molar-refractivity contribution in [3.05, 3.63) is 64.2 Å². The van der Waals surface area contributed by atoms with Crippen molar-refractivity contribution < 1.29 is 22.4 Å². The Morgan fingerprint density at radius 2 is 1.88 bits per heavy atom. The summed E-state index contributed by atoms with van der Waals surface area (Å²) in [6, 6.07) is 11.1. The van der Waals surface area contributed by atoms with Crippen molar-refractivity contribution in [1.82, 2.24) is 15.1 Å². The second-order valence-corrected chi connectivity index (χ2v) is 9.14. The number of thioether (sulfide) groups is 1.